The summed E-state index contributed by atoms with van der Waals surface area (Å²) in [5.74, 6) is -2.52. The van der Waals surface area contributed by atoms with Crippen LogP contribution < -0.4 is 10.6 Å². The summed E-state index contributed by atoms with van der Waals surface area (Å²) in [7, 11) is 0. The van der Waals surface area contributed by atoms with Crippen LogP contribution in [-0.4, -0.2) is 22.9 Å². The Kier molecular flexibility index (Phi) is 5.76. The van der Waals surface area contributed by atoms with E-state index in [9.17, 15) is 19.5 Å². The van der Waals surface area contributed by atoms with Gasteiger partial charge in [0, 0.05) is 12.1 Å². The van der Waals surface area contributed by atoms with Crippen LogP contribution in [0.3, 0.4) is 0 Å². The highest BCUT2D eigenvalue weighted by Gasteiger charge is 2.19. The van der Waals surface area contributed by atoms with Gasteiger partial charge in [-0.05, 0) is 35.9 Å². The molecule has 2 amide bonds. The number of carboxylic acids is 1. The zero-order valence-corrected chi connectivity index (χ0v) is 15.2. The lowest BCUT2D eigenvalue weighted by atomic mass is 10.1. The van der Waals surface area contributed by atoms with Crippen LogP contribution in [0.2, 0.25) is 5.02 Å². The Morgan fingerprint density at radius 2 is 1.79 bits per heavy atom. The van der Waals surface area contributed by atoms with E-state index < -0.39 is 17.8 Å². The smallest absolute Gasteiger partial charge is 0.337 e. The molecule has 3 N–H and O–H groups in total. The molecular weight excluding hydrogens is 384 g/mol. The summed E-state index contributed by atoms with van der Waals surface area (Å²) in [6.45, 7) is 0.106. The van der Waals surface area contributed by atoms with E-state index in [1.165, 1.54) is 18.2 Å². The molecule has 7 nitrogen and oxygen atoms in total. The van der Waals surface area contributed by atoms with E-state index in [4.69, 9.17) is 16.0 Å². The fourth-order valence-electron chi connectivity index (χ4n) is 2.54. The van der Waals surface area contributed by atoms with Gasteiger partial charge in [-0.15, -0.1) is 0 Å². The molecule has 0 unspecified atom stereocenters. The first-order valence-electron chi connectivity index (χ1n) is 8.19. The van der Waals surface area contributed by atoms with Crippen molar-refractivity contribution in [3.05, 3.63) is 77.0 Å². The number of hydrogen-bond acceptors (Lipinski definition) is 4. The number of benzene rings is 2. The molecule has 1 aromatic heterocycles. The lowest BCUT2D eigenvalue weighted by Gasteiger charge is -2.11. The SMILES string of the molecule is O=C(NCc1cccc(-c2ccco2)c1)C(=O)Nc1c(Cl)cccc1C(=O)O. The number of carboxylic acid groups (broad SMARTS) is 1. The van der Waals surface area contributed by atoms with Gasteiger partial charge in [-0.1, -0.05) is 35.9 Å². The molecule has 3 aromatic rings. The van der Waals surface area contributed by atoms with E-state index in [1.807, 2.05) is 24.3 Å². The molecule has 0 bridgehead atoms. The quantitative estimate of drug-likeness (QED) is 0.569. The van der Waals surface area contributed by atoms with Gasteiger partial charge < -0.3 is 20.2 Å². The Balaban J connectivity index is 1.65. The van der Waals surface area contributed by atoms with E-state index >= 15 is 0 Å². The van der Waals surface area contributed by atoms with Crippen molar-refractivity contribution in [1.29, 1.82) is 0 Å². The van der Waals surface area contributed by atoms with Crippen LogP contribution in [0.1, 0.15) is 15.9 Å². The molecule has 142 valence electrons. The molecule has 0 radical (unpaired) electrons. The van der Waals surface area contributed by atoms with Crippen molar-refractivity contribution in [2.75, 3.05) is 5.32 Å². The number of anilines is 1. The number of amides is 2. The summed E-state index contributed by atoms with van der Waals surface area (Å²) in [5.41, 5.74) is 1.26. The van der Waals surface area contributed by atoms with Crippen LogP contribution in [0.25, 0.3) is 11.3 Å². The fourth-order valence-corrected chi connectivity index (χ4v) is 2.76. The van der Waals surface area contributed by atoms with Crippen molar-refractivity contribution in [3.8, 4) is 11.3 Å². The highest BCUT2D eigenvalue weighted by atomic mass is 35.5. The number of furan rings is 1. The van der Waals surface area contributed by atoms with Gasteiger partial charge in [0.1, 0.15) is 5.76 Å². The first-order valence-corrected chi connectivity index (χ1v) is 8.57. The molecule has 0 aliphatic rings. The first kappa shape index (κ1) is 19.2. The van der Waals surface area contributed by atoms with Crippen LogP contribution in [0.5, 0.6) is 0 Å². The molecule has 0 spiro atoms. The number of nitrogens with one attached hydrogen (secondary N) is 2. The lowest BCUT2D eigenvalue weighted by Crippen LogP contribution is -2.35. The van der Waals surface area contributed by atoms with Crippen LogP contribution in [0, 0.1) is 0 Å². The molecule has 0 aliphatic carbocycles. The van der Waals surface area contributed by atoms with Crippen LogP contribution in [-0.2, 0) is 16.1 Å². The third-order valence-corrected chi connectivity index (χ3v) is 4.19. The zero-order chi connectivity index (χ0) is 20.1. The number of aromatic carboxylic acids is 1. The standard InChI is InChI=1S/C20H15ClN2O5/c21-15-7-2-6-14(20(26)27)17(15)23-19(25)18(24)22-11-12-4-1-5-13(10-12)16-8-3-9-28-16/h1-10H,11H2,(H,22,24)(H,23,25)(H,26,27). The monoisotopic (exact) mass is 398 g/mol. The summed E-state index contributed by atoms with van der Waals surface area (Å²) < 4.78 is 5.33. The van der Waals surface area contributed by atoms with Gasteiger partial charge in [0.25, 0.3) is 0 Å². The number of para-hydroxylation sites is 1. The molecule has 0 saturated carbocycles. The summed E-state index contributed by atoms with van der Waals surface area (Å²) in [6.07, 6.45) is 1.56. The average Bonchev–Trinajstić information content (AvgIpc) is 3.22. The van der Waals surface area contributed by atoms with Crippen LogP contribution in [0.15, 0.2) is 65.3 Å². The largest absolute Gasteiger partial charge is 0.478 e. The molecule has 0 fully saturated rings. The van der Waals surface area contributed by atoms with E-state index in [0.29, 0.717) is 5.76 Å². The van der Waals surface area contributed by atoms with Crippen molar-refractivity contribution < 1.29 is 23.9 Å². The summed E-state index contributed by atoms with van der Waals surface area (Å²) >= 11 is 5.94. The molecular formula is C20H15ClN2O5. The molecule has 0 atom stereocenters. The molecule has 0 saturated heterocycles. The minimum absolute atomic E-state index is 0.0206. The Labute approximate surface area is 164 Å². The first-order chi connectivity index (χ1) is 13.5. The molecule has 3 rings (SSSR count). The molecule has 0 aliphatic heterocycles. The zero-order valence-electron chi connectivity index (χ0n) is 14.4. The van der Waals surface area contributed by atoms with Gasteiger partial charge in [0.05, 0.1) is 22.5 Å². The van der Waals surface area contributed by atoms with Gasteiger partial charge in [-0.25, -0.2) is 4.79 Å². The maximum Gasteiger partial charge on any atom is 0.337 e. The van der Waals surface area contributed by atoms with Crippen molar-refractivity contribution >= 4 is 35.1 Å². The molecule has 28 heavy (non-hydrogen) atoms. The second-order valence-electron chi connectivity index (χ2n) is 5.78. The molecule has 8 heteroatoms. The van der Waals surface area contributed by atoms with E-state index in [1.54, 1.807) is 18.4 Å². The minimum atomic E-state index is -1.27. The lowest BCUT2D eigenvalue weighted by molar-refractivity contribution is -0.136. The van der Waals surface area contributed by atoms with Crippen molar-refractivity contribution in [3.63, 3.8) is 0 Å². The Hall–Kier alpha value is -3.58. The summed E-state index contributed by atoms with van der Waals surface area (Å²) in [5, 5.41) is 13.9. The molecule has 2 aromatic carbocycles. The second-order valence-corrected chi connectivity index (χ2v) is 6.19. The van der Waals surface area contributed by atoms with Crippen LogP contribution in [0.4, 0.5) is 5.69 Å². The summed E-state index contributed by atoms with van der Waals surface area (Å²) in [6, 6.07) is 15.0. The average molecular weight is 399 g/mol. The second kappa shape index (κ2) is 8.41. The highest BCUT2D eigenvalue weighted by molar-refractivity contribution is 6.42. The normalized spacial score (nSPS) is 10.3. The Morgan fingerprint density at radius 1 is 1.00 bits per heavy atom. The molecule has 1 heterocycles. The highest BCUT2D eigenvalue weighted by Crippen LogP contribution is 2.26. The fraction of sp³-hybridized carbons (Fsp3) is 0.0500. The maximum absolute atomic E-state index is 12.1. The van der Waals surface area contributed by atoms with E-state index in [0.717, 1.165) is 11.1 Å². The van der Waals surface area contributed by atoms with Gasteiger partial charge in [0.2, 0.25) is 0 Å². The van der Waals surface area contributed by atoms with Crippen LogP contribution >= 0.6 is 11.6 Å². The number of hydrogen-bond donors (Lipinski definition) is 3. The number of carbonyl (C=O) groups excluding carboxylic acids is 2. The Morgan fingerprint density at radius 3 is 2.50 bits per heavy atom. The predicted octanol–water partition coefficient (Wildman–Crippen LogP) is 3.55. The summed E-state index contributed by atoms with van der Waals surface area (Å²) in [4.78, 5) is 35.5. The third-order valence-electron chi connectivity index (χ3n) is 3.87. The van der Waals surface area contributed by atoms with Gasteiger partial charge >= 0.3 is 17.8 Å². The maximum atomic E-state index is 12.1. The minimum Gasteiger partial charge on any atom is -0.478 e. The van der Waals surface area contributed by atoms with Crippen molar-refractivity contribution in [2.45, 2.75) is 6.54 Å². The topological polar surface area (TPSA) is 109 Å². The number of carbonyl (C=O) groups is 3. The van der Waals surface area contributed by atoms with Gasteiger partial charge in [0.15, 0.2) is 0 Å². The predicted molar refractivity (Wildman–Crippen MR) is 103 cm³/mol. The Bertz CT molecular complexity index is 1030. The van der Waals surface area contributed by atoms with E-state index in [2.05, 4.69) is 10.6 Å². The van der Waals surface area contributed by atoms with Gasteiger partial charge in [-0.2, -0.15) is 0 Å². The van der Waals surface area contributed by atoms with E-state index in [-0.39, 0.29) is 22.8 Å². The van der Waals surface area contributed by atoms with Crippen molar-refractivity contribution in [1.82, 2.24) is 5.32 Å². The number of halogens is 1. The van der Waals surface area contributed by atoms with Gasteiger partial charge in [-0.3, -0.25) is 9.59 Å². The third kappa shape index (κ3) is 4.39. The van der Waals surface area contributed by atoms with Crippen molar-refractivity contribution in [2.24, 2.45) is 0 Å². The number of rotatable bonds is 5.